The van der Waals surface area contributed by atoms with Crippen LogP contribution in [0.1, 0.15) is 11.1 Å². The van der Waals surface area contributed by atoms with Crippen molar-refractivity contribution in [2.24, 2.45) is 0 Å². The molecule has 0 amide bonds. The average Bonchev–Trinajstić information content (AvgIpc) is 2.38. The van der Waals surface area contributed by atoms with Crippen molar-refractivity contribution >= 4 is 11.4 Å². The first-order chi connectivity index (χ1) is 8.70. The molecule has 0 aliphatic heterocycles. The van der Waals surface area contributed by atoms with Gasteiger partial charge in [0.2, 0.25) is 0 Å². The summed E-state index contributed by atoms with van der Waals surface area (Å²) in [5.74, 6) is 0.804. The Bertz CT molecular complexity index is 538. The van der Waals surface area contributed by atoms with Crippen molar-refractivity contribution in [3.63, 3.8) is 0 Å². The zero-order chi connectivity index (χ0) is 13.0. The minimum atomic E-state index is 0.725. The molecule has 3 nitrogen and oxygen atoms in total. The van der Waals surface area contributed by atoms with Crippen LogP contribution >= 0.6 is 0 Å². The molecule has 0 heterocycles. The van der Waals surface area contributed by atoms with Gasteiger partial charge >= 0.3 is 0 Å². The van der Waals surface area contributed by atoms with Crippen molar-refractivity contribution in [3.8, 4) is 5.75 Å². The van der Waals surface area contributed by atoms with E-state index in [0.717, 1.165) is 23.7 Å². The summed E-state index contributed by atoms with van der Waals surface area (Å²) in [4.78, 5) is 0. The van der Waals surface area contributed by atoms with Crippen LogP contribution in [-0.2, 0) is 6.54 Å². The highest BCUT2D eigenvalue weighted by molar-refractivity contribution is 5.63. The maximum absolute atomic E-state index is 5.79. The number of nitrogens with two attached hydrogens (primary N) is 1. The Morgan fingerprint density at radius 1 is 1.17 bits per heavy atom. The molecule has 0 atom stereocenters. The maximum Gasteiger partial charge on any atom is 0.142 e. The number of nitrogens with one attached hydrogen (secondary N) is 1. The second-order valence-corrected chi connectivity index (χ2v) is 4.24. The van der Waals surface area contributed by atoms with E-state index >= 15 is 0 Å². The molecule has 0 saturated heterocycles. The van der Waals surface area contributed by atoms with Crippen LogP contribution in [-0.4, -0.2) is 7.11 Å². The number of aryl methyl sites for hydroxylation is 1. The summed E-state index contributed by atoms with van der Waals surface area (Å²) < 4.78 is 5.30. The van der Waals surface area contributed by atoms with Gasteiger partial charge in [-0.1, -0.05) is 24.3 Å². The lowest BCUT2D eigenvalue weighted by Crippen LogP contribution is -2.03. The fourth-order valence-electron chi connectivity index (χ4n) is 1.86. The van der Waals surface area contributed by atoms with Crippen LogP contribution in [0.4, 0.5) is 11.4 Å². The van der Waals surface area contributed by atoms with E-state index in [-0.39, 0.29) is 0 Å². The van der Waals surface area contributed by atoms with E-state index in [4.69, 9.17) is 10.5 Å². The normalized spacial score (nSPS) is 10.1. The SMILES string of the molecule is COc1ccc(N)cc1NCc1ccccc1C. The van der Waals surface area contributed by atoms with Crippen LogP contribution in [0.3, 0.4) is 0 Å². The molecular formula is C15H18N2O. The molecule has 0 spiro atoms. The van der Waals surface area contributed by atoms with Crippen molar-refractivity contribution in [3.05, 3.63) is 53.6 Å². The number of hydrogen-bond acceptors (Lipinski definition) is 3. The molecule has 0 radical (unpaired) electrons. The standard InChI is InChI=1S/C15H18N2O/c1-11-5-3-4-6-12(11)10-17-14-9-13(16)7-8-15(14)18-2/h3-9,17H,10,16H2,1-2H3. The third-order valence-corrected chi connectivity index (χ3v) is 2.95. The molecule has 2 rings (SSSR count). The number of anilines is 2. The minimum absolute atomic E-state index is 0.725. The van der Waals surface area contributed by atoms with Gasteiger partial charge in [0.15, 0.2) is 0 Å². The molecule has 94 valence electrons. The van der Waals surface area contributed by atoms with E-state index in [9.17, 15) is 0 Å². The van der Waals surface area contributed by atoms with Crippen molar-refractivity contribution in [2.45, 2.75) is 13.5 Å². The van der Waals surface area contributed by atoms with Gasteiger partial charge in [-0.2, -0.15) is 0 Å². The zero-order valence-corrected chi connectivity index (χ0v) is 10.7. The van der Waals surface area contributed by atoms with E-state index in [1.165, 1.54) is 11.1 Å². The highest BCUT2D eigenvalue weighted by Crippen LogP contribution is 2.27. The lowest BCUT2D eigenvalue weighted by Gasteiger charge is -2.13. The molecule has 3 heteroatoms. The quantitative estimate of drug-likeness (QED) is 0.809. The minimum Gasteiger partial charge on any atom is -0.495 e. The Labute approximate surface area is 108 Å². The third-order valence-electron chi connectivity index (χ3n) is 2.95. The summed E-state index contributed by atoms with van der Waals surface area (Å²) in [6.07, 6.45) is 0. The molecule has 2 aromatic rings. The predicted octanol–water partition coefficient (Wildman–Crippen LogP) is 3.20. The second-order valence-electron chi connectivity index (χ2n) is 4.24. The summed E-state index contributed by atoms with van der Waals surface area (Å²) in [5, 5.41) is 3.36. The van der Waals surface area contributed by atoms with Crippen molar-refractivity contribution in [1.82, 2.24) is 0 Å². The number of ether oxygens (including phenoxy) is 1. The Morgan fingerprint density at radius 3 is 2.67 bits per heavy atom. The number of benzene rings is 2. The molecular weight excluding hydrogens is 224 g/mol. The number of rotatable bonds is 4. The molecule has 0 aliphatic rings. The summed E-state index contributed by atoms with van der Waals surface area (Å²) in [5.41, 5.74) is 9.96. The molecule has 0 saturated carbocycles. The van der Waals surface area contributed by atoms with E-state index < -0.39 is 0 Å². The first-order valence-electron chi connectivity index (χ1n) is 5.92. The van der Waals surface area contributed by atoms with E-state index in [1.54, 1.807) is 7.11 Å². The summed E-state index contributed by atoms with van der Waals surface area (Å²) in [6, 6.07) is 13.9. The Hall–Kier alpha value is -2.16. The summed E-state index contributed by atoms with van der Waals surface area (Å²) in [6.45, 7) is 2.86. The molecule has 0 unspecified atom stereocenters. The van der Waals surface area contributed by atoms with Gasteiger partial charge in [-0.3, -0.25) is 0 Å². The Morgan fingerprint density at radius 2 is 1.94 bits per heavy atom. The van der Waals surface area contributed by atoms with Gasteiger partial charge in [0.25, 0.3) is 0 Å². The molecule has 3 N–H and O–H groups in total. The van der Waals surface area contributed by atoms with Crippen molar-refractivity contribution in [2.75, 3.05) is 18.2 Å². The van der Waals surface area contributed by atoms with E-state index in [1.807, 2.05) is 30.3 Å². The number of nitrogen functional groups attached to an aromatic ring is 1. The van der Waals surface area contributed by atoms with Crippen LogP contribution in [0.15, 0.2) is 42.5 Å². The van der Waals surface area contributed by atoms with Gasteiger partial charge in [0, 0.05) is 12.2 Å². The lowest BCUT2D eigenvalue weighted by molar-refractivity contribution is 0.416. The molecule has 2 aromatic carbocycles. The first kappa shape index (κ1) is 12.3. The van der Waals surface area contributed by atoms with Crippen LogP contribution in [0.25, 0.3) is 0 Å². The van der Waals surface area contributed by atoms with Crippen molar-refractivity contribution in [1.29, 1.82) is 0 Å². The number of methoxy groups -OCH3 is 1. The largest absolute Gasteiger partial charge is 0.495 e. The highest BCUT2D eigenvalue weighted by atomic mass is 16.5. The zero-order valence-electron chi connectivity index (χ0n) is 10.7. The van der Waals surface area contributed by atoms with Gasteiger partial charge in [-0.15, -0.1) is 0 Å². The molecule has 0 aromatic heterocycles. The molecule has 0 aliphatic carbocycles. The average molecular weight is 242 g/mol. The third kappa shape index (κ3) is 2.74. The van der Waals surface area contributed by atoms with Crippen LogP contribution < -0.4 is 15.8 Å². The monoisotopic (exact) mass is 242 g/mol. The molecule has 0 bridgehead atoms. The summed E-state index contributed by atoms with van der Waals surface area (Å²) >= 11 is 0. The Kier molecular flexibility index (Phi) is 3.72. The van der Waals surface area contributed by atoms with Gasteiger partial charge in [0.1, 0.15) is 5.75 Å². The Balaban J connectivity index is 2.15. The van der Waals surface area contributed by atoms with Gasteiger partial charge < -0.3 is 15.8 Å². The van der Waals surface area contributed by atoms with Gasteiger partial charge in [-0.05, 0) is 36.2 Å². The van der Waals surface area contributed by atoms with Crippen LogP contribution in [0.2, 0.25) is 0 Å². The second kappa shape index (κ2) is 5.45. The van der Waals surface area contributed by atoms with Crippen LogP contribution in [0.5, 0.6) is 5.75 Å². The van der Waals surface area contributed by atoms with Crippen molar-refractivity contribution < 1.29 is 4.74 Å². The molecule has 0 fully saturated rings. The van der Waals surface area contributed by atoms with E-state index in [0.29, 0.717) is 0 Å². The lowest BCUT2D eigenvalue weighted by atomic mass is 10.1. The smallest absolute Gasteiger partial charge is 0.142 e. The highest BCUT2D eigenvalue weighted by Gasteiger charge is 2.03. The fourth-order valence-corrected chi connectivity index (χ4v) is 1.86. The fraction of sp³-hybridized carbons (Fsp3) is 0.200. The van der Waals surface area contributed by atoms with Gasteiger partial charge in [0.05, 0.1) is 12.8 Å². The van der Waals surface area contributed by atoms with E-state index in [2.05, 4.69) is 24.4 Å². The number of hydrogen-bond donors (Lipinski definition) is 2. The molecule has 18 heavy (non-hydrogen) atoms. The maximum atomic E-state index is 5.79. The van der Waals surface area contributed by atoms with Gasteiger partial charge in [-0.25, -0.2) is 0 Å². The predicted molar refractivity (Wildman–Crippen MR) is 75.9 cm³/mol. The first-order valence-corrected chi connectivity index (χ1v) is 5.92. The summed E-state index contributed by atoms with van der Waals surface area (Å²) in [7, 11) is 1.66. The van der Waals surface area contributed by atoms with Crippen LogP contribution in [0, 0.1) is 6.92 Å². The topological polar surface area (TPSA) is 47.3 Å².